The third kappa shape index (κ3) is 5.41. The SMILES string of the molecule is CC(C)OC(=O)C1CSC(C(C)C)N1C(=O)c1cc(C(F)(F)F)cc(C(F)(F)F)c1. The van der Waals surface area contributed by atoms with Crippen LogP contribution in [0.5, 0.6) is 0 Å². The molecule has 0 bridgehead atoms. The Balaban J connectivity index is 2.55. The first-order valence-corrected chi connectivity index (χ1v) is 10.1. The molecule has 0 spiro atoms. The lowest BCUT2D eigenvalue weighted by molar-refractivity contribution is -0.152. The molecule has 0 radical (unpaired) electrons. The maximum Gasteiger partial charge on any atom is 0.416 e. The van der Waals surface area contributed by atoms with E-state index in [1.54, 1.807) is 27.7 Å². The maximum atomic E-state index is 13.2. The number of hydrogen-bond acceptors (Lipinski definition) is 4. The van der Waals surface area contributed by atoms with E-state index in [2.05, 4.69) is 0 Å². The molecular weight excluding hydrogens is 436 g/mol. The minimum absolute atomic E-state index is 0.0417. The fourth-order valence-electron chi connectivity index (χ4n) is 3.02. The van der Waals surface area contributed by atoms with Gasteiger partial charge in [0.2, 0.25) is 0 Å². The second-order valence-corrected chi connectivity index (χ2v) is 8.63. The molecule has 2 rings (SSSR count). The molecule has 168 valence electrons. The fraction of sp³-hybridized carbons (Fsp3) is 0.579. The van der Waals surface area contributed by atoms with Crippen molar-refractivity contribution in [1.29, 1.82) is 0 Å². The molecule has 1 saturated heterocycles. The molecule has 1 amide bonds. The summed E-state index contributed by atoms with van der Waals surface area (Å²) in [4.78, 5) is 26.6. The summed E-state index contributed by atoms with van der Waals surface area (Å²) in [6, 6.07) is -0.396. The van der Waals surface area contributed by atoms with E-state index in [9.17, 15) is 35.9 Å². The van der Waals surface area contributed by atoms with Crippen molar-refractivity contribution < 1.29 is 40.7 Å². The number of alkyl halides is 6. The molecule has 0 aromatic heterocycles. The predicted molar refractivity (Wildman–Crippen MR) is 98.7 cm³/mol. The average Bonchev–Trinajstić information content (AvgIpc) is 3.04. The number of thioether (sulfide) groups is 1. The Hall–Kier alpha value is -1.91. The highest BCUT2D eigenvalue weighted by Crippen LogP contribution is 2.39. The number of halogens is 6. The smallest absolute Gasteiger partial charge is 0.416 e. The van der Waals surface area contributed by atoms with Crippen molar-refractivity contribution in [3.63, 3.8) is 0 Å². The summed E-state index contributed by atoms with van der Waals surface area (Å²) in [5.41, 5.74) is -3.96. The van der Waals surface area contributed by atoms with Crippen LogP contribution >= 0.6 is 11.8 Å². The van der Waals surface area contributed by atoms with Crippen LogP contribution in [0.25, 0.3) is 0 Å². The van der Waals surface area contributed by atoms with Gasteiger partial charge in [-0.1, -0.05) is 13.8 Å². The van der Waals surface area contributed by atoms with Crippen molar-refractivity contribution in [3.05, 3.63) is 34.9 Å². The lowest BCUT2D eigenvalue weighted by Gasteiger charge is -2.31. The van der Waals surface area contributed by atoms with Crippen LogP contribution in [0.2, 0.25) is 0 Å². The van der Waals surface area contributed by atoms with Crippen molar-refractivity contribution >= 4 is 23.6 Å². The Kier molecular flexibility index (Phi) is 7.05. The van der Waals surface area contributed by atoms with Gasteiger partial charge in [0.25, 0.3) is 5.91 Å². The van der Waals surface area contributed by atoms with Crippen LogP contribution in [0.1, 0.15) is 49.2 Å². The lowest BCUT2D eigenvalue weighted by Crippen LogP contribution is -2.48. The second kappa shape index (κ2) is 8.68. The number of carbonyl (C=O) groups is 2. The van der Waals surface area contributed by atoms with E-state index in [1.807, 2.05) is 0 Å². The van der Waals surface area contributed by atoms with E-state index < -0.39 is 58.4 Å². The van der Waals surface area contributed by atoms with Crippen molar-refractivity contribution in [2.75, 3.05) is 5.75 Å². The summed E-state index contributed by atoms with van der Waals surface area (Å²) in [5.74, 6) is -1.91. The van der Waals surface area contributed by atoms with Gasteiger partial charge in [0.1, 0.15) is 6.04 Å². The summed E-state index contributed by atoms with van der Waals surface area (Å²) in [5, 5.41) is -0.605. The maximum absolute atomic E-state index is 13.2. The monoisotopic (exact) mass is 457 g/mol. The molecule has 30 heavy (non-hydrogen) atoms. The zero-order chi connectivity index (χ0) is 23.0. The molecule has 0 aliphatic carbocycles. The summed E-state index contributed by atoms with van der Waals surface area (Å²) in [6.45, 7) is 6.66. The van der Waals surface area contributed by atoms with Gasteiger partial charge in [-0.15, -0.1) is 11.8 Å². The summed E-state index contributed by atoms with van der Waals surface area (Å²) in [7, 11) is 0. The Labute approximate surface area is 173 Å². The number of ether oxygens (including phenoxy) is 1. The Morgan fingerprint density at radius 2 is 1.50 bits per heavy atom. The number of nitrogens with zero attached hydrogens (tertiary/aromatic N) is 1. The highest BCUT2D eigenvalue weighted by Gasteiger charge is 2.45. The molecule has 4 nitrogen and oxygen atoms in total. The standard InChI is InChI=1S/C19H21F6NO3S/c1-9(2)16-26(14(8-30-16)17(28)29-10(3)4)15(27)11-5-12(18(20,21)22)7-13(6-11)19(23,24)25/h5-7,9-10,14,16H,8H2,1-4H3. The van der Waals surface area contributed by atoms with E-state index in [-0.39, 0.29) is 17.7 Å². The Bertz CT molecular complexity index is 774. The topological polar surface area (TPSA) is 46.6 Å². The minimum Gasteiger partial charge on any atom is -0.461 e. The molecule has 0 saturated carbocycles. The summed E-state index contributed by atoms with van der Waals surface area (Å²) < 4.78 is 84.1. The second-order valence-electron chi connectivity index (χ2n) is 7.48. The van der Waals surface area contributed by atoms with Crippen molar-refractivity contribution in [2.24, 2.45) is 5.92 Å². The largest absolute Gasteiger partial charge is 0.461 e. The third-order valence-electron chi connectivity index (χ3n) is 4.30. The van der Waals surface area contributed by atoms with E-state index >= 15 is 0 Å². The van der Waals surface area contributed by atoms with Crippen LogP contribution in [0.15, 0.2) is 18.2 Å². The average molecular weight is 457 g/mol. The van der Waals surface area contributed by atoms with Gasteiger partial charge < -0.3 is 9.64 Å². The first-order valence-electron chi connectivity index (χ1n) is 9.07. The zero-order valence-electron chi connectivity index (χ0n) is 16.6. The molecule has 1 aliphatic rings. The van der Waals surface area contributed by atoms with Gasteiger partial charge >= 0.3 is 18.3 Å². The van der Waals surface area contributed by atoms with Crippen molar-refractivity contribution in [2.45, 2.75) is 57.6 Å². The van der Waals surface area contributed by atoms with Gasteiger partial charge in [-0.3, -0.25) is 4.79 Å². The van der Waals surface area contributed by atoms with Crippen LogP contribution in [-0.4, -0.2) is 40.0 Å². The Morgan fingerprint density at radius 1 is 1.00 bits per heavy atom. The quantitative estimate of drug-likeness (QED) is 0.460. The highest BCUT2D eigenvalue weighted by molar-refractivity contribution is 8.00. The van der Waals surface area contributed by atoms with Gasteiger partial charge in [-0.2, -0.15) is 26.3 Å². The van der Waals surface area contributed by atoms with Gasteiger partial charge in [0.15, 0.2) is 0 Å². The van der Waals surface area contributed by atoms with Gasteiger partial charge in [0, 0.05) is 11.3 Å². The molecule has 2 unspecified atom stereocenters. The molecule has 1 aromatic carbocycles. The summed E-state index contributed by atoms with van der Waals surface area (Å²) in [6.07, 6.45) is -10.7. The molecule has 2 atom stereocenters. The normalized spacial score (nSPS) is 20.2. The highest BCUT2D eigenvalue weighted by atomic mass is 32.2. The Morgan fingerprint density at radius 3 is 1.90 bits per heavy atom. The van der Waals surface area contributed by atoms with E-state index in [0.29, 0.717) is 12.1 Å². The van der Waals surface area contributed by atoms with Crippen LogP contribution in [0.4, 0.5) is 26.3 Å². The lowest BCUT2D eigenvalue weighted by atomic mass is 10.0. The minimum atomic E-state index is -5.08. The number of esters is 1. The fourth-order valence-corrected chi connectivity index (χ4v) is 4.48. The van der Waals surface area contributed by atoms with Gasteiger partial charge in [-0.25, -0.2) is 4.79 Å². The van der Waals surface area contributed by atoms with E-state index in [1.165, 1.54) is 11.8 Å². The van der Waals surface area contributed by atoms with Crippen LogP contribution in [0.3, 0.4) is 0 Å². The number of hydrogen-bond donors (Lipinski definition) is 0. The predicted octanol–water partition coefficient (Wildman–Crippen LogP) is 5.22. The molecule has 1 aliphatic heterocycles. The van der Waals surface area contributed by atoms with Crippen molar-refractivity contribution in [3.8, 4) is 0 Å². The molecule has 1 aromatic rings. The third-order valence-corrected chi connectivity index (χ3v) is 5.92. The van der Waals surface area contributed by atoms with E-state index in [0.717, 1.165) is 4.90 Å². The van der Waals surface area contributed by atoms with Gasteiger partial charge in [-0.05, 0) is 38.0 Å². The number of carbonyl (C=O) groups excluding carboxylic acids is 2. The van der Waals surface area contributed by atoms with Crippen LogP contribution in [0, 0.1) is 5.92 Å². The number of amides is 1. The molecule has 1 fully saturated rings. The molecule has 0 N–H and O–H groups in total. The first-order chi connectivity index (χ1) is 13.6. The molecule has 1 heterocycles. The van der Waals surface area contributed by atoms with Crippen LogP contribution < -0.4 is 0 Å². The summed E-state index contributed by atoms with van der Waals surface area (Å²) >= 11 is 1.22. The van der Waals surface area contributed by atoms with Crippen LogP contribution in [-0.2, 0) is 21.9 Å². The molecule has 11 heteroatoms. The van der Waals surface area contributed by atoms with E-state index in [4.69, 9.17) is 4.74 Å². The van der Waals surface area contributed by atoms with Gasteiger partial charge in [0.05, 0.1) is 22.6 Å². The number of rotatable bonds is 4. The zero-order valence-corrected chi connectivity index (χ0v) is 17.4. The first kappa shape index (κ1) is 24.4. The van der Waals surface area contributed by atoms with Crippen molar-refractivity contribution in [1.82, 2.24) is 4.90 Å². The number of benzene rings is 1. The molecular formula is C19H21F6NO3S.